The summed E-state index contributed by atoms with van der Waals surface area (Å²) in [4.78, 5) is 48.5. The molecule has 2 aromatic rings. The molecule has 3 atom stereocenters. The van der Waals surface area contributed by atoms with Crippen LogP contribution in [-0.4, -0.2) is 76.8 Å². The Balaban J connectivity index is 1.50. The highest BCUT2D eigenvalue weighted by atomic mass is 32.2. The molecule has 1 fully saturated rings. The molecule has 0 aromatic carbocycles. The van der Waals surface area contributed by atoms with Gasteiger partial charge in [0.1, 0.15) is 17.1 Å². The van der Waals surface area contributed by atoms with Crippen molar-refractivity contribution in [2.24, 2.45) is 5.73 Å². The number of aromatic nitrogens is 3. The van der Waals surface area contributed by atoms with Crippen LogP contribution >= 0.6 is 46.8 Å². The molecule has 2 aliphatic heterocycles. The molecule has 1 saturated heterocycles. The number of nitrogen functional groups attached to an aromatic ring is 1. The van der Waals surface area contributed by atoms with Crippen LogP contribution in [-0.2, 0) is 20.1 Å². The third-order valence-electron chi connectivity index (χ3n) is 5.15. The van der Waals surface area contributed by atoms with E-state index in [4.69, 9.17) is 11.5 Å². The first-order valence-electron chi connectivity index (χ1n) is 10.4. The predicted octanol–water partition coefficient (Wildman–Crippen LogP) is 0.216. The van der Waals surface area contributed by atoms with Crippen molar-refractivity contribution in [2.45, 2.75) is 28.1 Å². The number of nitrogens with zero attached hydrogens (tertiary/aromatic N) is 4. The molecule has 8 N–H and O–H groups in total. The van der Waals surface area contributed by atoms with Gasteiger partial charge in [0.15, 0.2) is 17.0 Å². The maximum absolute atomic E-state index is 13.0. The van der Waals surface area contributed by atoms with E-state index >= 15 is 0 Å². The molecule has 36 heavy (non-hydrogen) atoms. The SMILES string of the molecule is NCCSCc1cnccc1SC1=C(C(=O)O)N2C(=O)[C@@H](NC(=O)[C@H](NO)c3nsc(N)n3)[C@H]2SC1. The first-order valence-corrected chi connectivity index (χ1v) is 14.2. The normalized spacial score (nSPS) is 20.1. The molecule has 2 aromatic heterocycles. The monoisotopic (exact) mass is 570 g/mol. The second kappa shape index (κ2) is 11.8. The van der Waals surface area contributed by atoms with E-state index < -0.39 is 35.2 Å². The average Bonchev–Trinajstić information content (AvgIpc) is 3.29. The van der Waals surface area contributed by atoms with Crippen LogP contribution in [0.5, 0.6) is 0 Å². The number of β-lactam (4-membered cyclic amide) rings is 1. The number of fused-ring (bicyclic) bond motifs is 1. The summed E-state index contributed by atoms with van der Waals surface area (Å²) in [5.41, 5.74) is 13.8. The van der Waals surface area contributed by atoms with Crippen LogP contribution in [0, 0.1) is 0 Å². The number of aliphatic carboxylic acids is 1. The van der Waals surface area contributed by atoms with Gasteiger partial charge in [0, 0.05) is 57.5 Å². The molecule has 0 bridgehead atoms. The lowest BCUT2D eigenvalue weighted by Crippen LogP contribution is -2.71. The highest BCUT2D eigenvalue weighted by Crippen LogP contribution is 2.46. The summed E-state index contributed by atoms with van der Waals surface area (Å²) in [6.07, 6.45) is 3.37. The lowest BCUT2D eigenvalue weighted by molar-refractivity contribution is -0.151. The Morgan fingerprint density at radius 2 is 2.19 bits per heavy atom. The van der Waals surface area contributed by atoms with Crippen molar-refractivity contribution in [3.63, 3.8) is 0 Å². The number of amides is 2. The van der Waals surface area contributed by atoms with Crippen LogP contribution in [0.1, 0.15) is 17.4 Å². The third-order valence-corrected chi connectivity index (χ3v) is 9.41. The standard InChI is InChI=1S/C19H22N8O5S4/c20-2-4-33-6-8-5-22-3-1-9(8)35-10-7-34-17-12(16(29)27(17)13(10)18(30)31)23-15(28)11(25-32)14-24-19(21)36-26-14/h1,3,5,11-12,17,25,32H,2,4,6-7,20H2,(H,23,28)(H,30,31)(H2,21,24,26)/t11-,12-,17-/m1/s1. The van der Waals surface area contributed by atoms with Crippen LogP contribution in [0.25, 0.3) is 0 Å². The fourth-order valence-electron chi connectivity index (χ4n) is 3.52. The number of rotatable bonds is 11. The van der Waals surface area contributed by atoms with E-state index in [0.29, 0.717) is 23.0 Å². The molecule has 0 unspecified atom stereocenters. The van der Waals surface area contributed by atoms with Gasteiger partial charge >= 0.3 is 5.97 Å². The van der Waals surface area contributed by atoms with Gasteiger partial charge in [-0.05, 0) is 11.6 Å². The van der Waals surface area contributed by atoms with Gasteiger partial charge < -0.3 is 27.1 Å². The largest absolute Gasteiger partial charge is 0.477 e. The lowest BCUT2D eigenvalue weighted by Gasteiger charge is -2.49. The van der Waals surface area contributed by atoms with Crippen molar-refractivity contribution in [1.29, 1.82) is 0 Å². The predicted molar refractivity (Wildman–Crippen MR) is 137 cm³/mol. The van der Waals surface area contributed by atoms with E-state index in [1.807, 2.05) is 11.5 Å². The summed E-state index contributed by atoms with van der Waals surface area (Å²) in [5, 5.41) is 21.4. The number of carboxylic acids is 1. The Morgan fingerprint density at radius 3 is 2.86 bits per heavy atom. The Hall–Kier alpha value is -2.41. The molecule has 4 heterocycles. The first kappa shape index (κ1) is 26.6. The summed E-state index contributed by atoms with van der Waals surface area (Å²) in [5.74, 6) is -0.788. The Labute approximate surface area is 222 Å². The molecular formula is C19H22N8O5S4. The van der Waals surface area contributed by atoms with Crippen LogP contribution in [0.15, 0.2) is 34.0 Å². The fourth-order valence-corrected chi connectivity index (χ4v) is 7.41. The van der Waals surface area contributed by atoms with E-state index in [9.17, 15) is 24.7 Å². The lowest BCUT2D eigenvalue weighted by atomic mass is 10.0. The summed E-state index contributed by atoms with van der Waals surface area (Å²) in [7, 11) is 0. The number of anilines is 1. The smallest absolute Gasteiger partial charge is 0.353 e. The Morgan fingerprint density at radius 1 is 1.39 bits per heavy atom. The highest BCUT2D eigenvalue weighted by Gasteiger charge is 2.54. The van der Waals surface area contributed by atoms with Crippen molar-refractivity contribution >= 4 is 69.7 Å². The van der Waals surface area contributed by atoms with Crippen molar-refractivity contribution in [2.75, 3.05) is 23.8 Å². The molecule has 0 spiro atoms. The van der Waals surface area contributed by atoms with E-state index in [1.54, 1.807) is 24.2 Å². The highest BCUT2D eigenvalue weighted by molar-refractivity contribution is 8.06. The minimum atomic E-state index is -1.34. The van der Waals surface area contributed by atoms with Gasteiger partial charge in [-0.25, -0.2) is 9.78 Å². The quantitative estimate of drug-likeness (QED) is 0.121. The van der Waals surface area contributed by atoms with Gasteiger partial charge in [-0.15, -0.1) is 11.8 Å². The van der Waals surface area contributed by atoms with Gasteiger partial charge in [-0.2, -0.15) is 21.6 Å². The van der Waals surface area contributed by atoms with Crippen molar-refractivity contribution in [3.8, 4) is 0 Å². The second-order valence-electron chi connectivity index (χ2n) is 7.45. The molecule has 0 radical (unpaired) electrons. The number of hydrogen-bond donors (Lipinski definition) is 6. The van der Waals surface area contributed by atoms with Crippen molar-refractivity contribution < 1.29 is 24.7 Å². The molecule has 4 rings (SSSR count). The molecule has 192 valence electrons. The van der Waals surface area contributed by atoms with Gasteiger partial charge in [0.25, 0.3) is 5.91 Å². The van der Waals surface area contributed by atoms with Crippen LogP contribution < -0.4 is 22.3 Å². The number of carbonyl (C=O) groups is 3. The number of nitrogens with one attached hydrogen (secondary N) is 2. The molecule has 17 heteroatoms. The third kappa shape index (κ3) is 5.46. The maximum Gasteiger partial charge on any atom is 0.353 e. The summed E-state index contributed by atoms with van der Waals surface area (Å²) in [6, 6.07) is -0.495. The Kier molecular flexibility index (Phi) is 8.70. The number of hydrogen-bond acceptors (Lipinski definition) is 14. The van der Waals surface area contributed by atoms with Crippen LogP contribution in [0.3, 0.4) is 0 Å². The molecule has 13 nitrogen and oxygen atoms in total. The minimum absolute atomic E-state index is 0.0417. The zero-order valence-corrected chi connectivity index (χ0v) is 21.8. The summed E-state index contributed by atoms with van der Waals surface area (Å²) >= 11 is 5.14. The fraction of sp³-hybridized carbons (Fsp3) is 0.368. The summed E-state index contributed by atoms with van der Waals surface area (Å²) in [6.45, 7) is 0.554. The summed E-state index contributed by atoms with van der Waals surface area (Å²) < 4.78 is 3.90. The Bertz CT molecular complexity index is 1190. The zero-order valence-electron chi connectivity index (χ0n) is 18.5. The van der Waals surface area contributed by atoms with E-state index in [1.165, 1.54) is 28.4 Å². The van der Waals surface area contributed by atoms with E-state index in [2.05, 4.69) is 19.7 Å². The van der Waals surface area contributed by atoms with Crippen LogP contribution in [0.2, 0.25) is 0 Å². The molecule has 2 aliphatic rings. The van der Waals surface area contributed by atoms with Crippen LogP contribution in [0.4, 0.5) is 5.13 Å². The maximum atomic E-state index is 13.0. The van der Waals surface area contributed by atoms with Gasteiger partial charge in [-0.1, -0.05) is 11.8 Å². The van der Waals surface area contributed by atoms with E-state index in [0.717, 1.165) is 27.7 Å². The minimum Gasteiger partial charge on any atom is -0.477 e. The number of carbonyl (C=O) groups excluding carboxylic acids is 2. The molecule has 2 amide bonds. The molecule has 0 saturated carbocycles. The van der Waals surface area contributed by atoms with E-state index in [-0.39, 0.29) is 16.7 Å². The van der Waals surface area contributed by atoms with Crippen molar-refractivity contribution in [3.05, 3.63) is 40.5 Å². The van der Waals surface area contributed by atoms with Gasteiger partial charge in [0.05, 0.1) is 0 Å². The van der Waals surface area contributed by atoms with Crippen molar-refractivity contribution in [1.82, 2.24) is 30.0 Å². The number of thioether (sulfide) groups is 3. The number of hydroxylamine groups is 1. The number of nitrogens with two attached hydrogens (primary N) is 2. The first-order chi connectivity index (χ1) is 17.3. The molecule has 0 aliphatic carbocycles. The van der Waals surface area contributed by atoms with Gasteiger partial charge in [-0.3, -0.25) is 19.5 Å². The number of pyridine rings is 1. The second-order valence-corrected chi connectivity index (χ2v) is 11.6. The zero-order chi connectivity index (χ0) is 25.8. The van der Waals surface area contributed by atoms with Gasteiger partial charge in [0.2, 0.25) is 5.91 Å². The topological polar surface area (TPSA) is 210 Å². The number of carboxylic acid groups (broad SMARTS) is 1. The average molecular weight is 571 g/mol. The molecular weight excluding hydrogens is 549 g/mol.